The Balaban J connectivity index is 3.04. The minimum atomic E-state index is -0.441. The zero-order valence-electron chi connectivity index (χ0n) is 12.4. The van der Waals surface area contributed by atoms with E-state index >= 15 is 0 Å². The van der Waals surface area contributed by atoms with Gasteiger partial charge in [0.25, 0.3) is 0 Å². The molecule has 0 fully saturated rings. The number of rotatable bonds is 9. The van der Waals surface area contributed by atoms with Gasteiger partial charge in [0.2, 0.25) is 0 Å². The van der Waals surface area contributed by atoms with Gasteiger partial charge < -0.3 is 25.3 Å². The van der Waals surface area contributed by atoms with Gasteiger partial charge >= 0.3 is 0 Å². The van der Waals surface area contributed by atoms with Crippen molar-refractivity contribution >= 4 is 11.5 Å². The van der Waals surface area contributed by atoms with Crippen LogP contribution < -0.4 is 10.6 Å². The third-order valence-corrected chi connectivity index (χ3v) is 3.02. The van der Waals surface area contributed by atoms with Crippen molar-refractivity contribution in [3.8, 4) is 0 Å². The highest BCUT2D eigenvalue weighted by Gasteiger charge is 2.15. The summed E-state index contributed by atoms with van der Waals surface area (Å²) in [6, 6.07) is 4.21. The monoisotopic (exact) mass is 299 g/mol. The van der Waals surface area contributed by atoms with Crippen LogP contribution in [0.25, 0.3) is 0 Å². The van der Waals surface area contributed by atoms with Crippen molar-refractivity contribution in [2.75, 3.05) is 45.4 Å². The van der Waals surface area contributed by atoms with Crippen LogP contribution in [0.15, 0.2) is 23.4 Å². The number of ether oxygens (including phenoxy) is 2. The van der Waals surface area contributed by atoms with Gasteiger partial charge in [-0.2, -0.15) is 0 Å². The SMILES string of the molecule is COCCCN(CCOC)c1ccc(F)cc1C(N)=NO. The molecule has 0 saturated heterocycles. The first-order valence-corrected chi connectivity index (χ1v) is 6.64. The van der Waals surface area contributed by atoms with Gasteiger partial charge in [0.1, 0.15) is 5.82 Å². The number of amidine groups is 1. The molecule has 1 aromatic carbocycles. The molecule has 0 radical (unpaired) electrons. The van der Waals surface area contributed by atoms with Gasteiger partial charge in [0.05, 0.1) is 6.61 Å². The fraction of sp³-hybridized carbons (Fsp3) is 0.500. The second-order valence-electron chi connectivity index (χ2n) is 4.47. The summed E-state index contributed by atoms with van der Waals surface area (Å²) < 4.78 is 23.5. The van der Waals surface area contributed by atoms with E-state index in [0.29, 0.717) is 37.6 Å². The Bertz CT molecular complexity index is 469. The van der Waals surface area contributed by atoms with Crippen LogP contribution >= 0.6 is 0 Å². The first-order valence-electron chi connectivity index (χ1n) is 6.64. The smallest absolute Gasteiger partial charge is 0.172 e. The number of nitrogens with zero attached hydrogens (tertiary/aromatic N) is 2. The Morgan fingerprint density at radius 3 is 2.62 bits per heavy atom. The van der Waals surface area contributed by atoms with Crippen molar-refractivity contribution in [3.63, 3.8) is 0 Å². The Morgan fingerprint density at radius 1 is 1.29 bits per heavy atom. The van der Waals surface area contributed by atoms with Crippen LogP contribution in [0.5, 0.6) is 0 Å². The fourth-order valence-corrected chi connectivity index (χ4v) is 2.00. The van der Waals surface area contributed by atoms with E-state index in [4.69, 9.17) is 20.4 Å². The minimum absolute atomic E-state index is 0.126. The molecule has 0 saturated carbocycles. The van der Waals surface area contributed by atoms with E-state index in [1.54, 1.807) is 20.3 Å². The highest BCUT2D eigenvalue weighted by molar-refractivity contribution is 6.02. The van der Waals surface area contributed by atoms with Crippen molar-refractivity contribution < 1.29 is 19.1 Å². The number of methoxy groups -OCH3 is 2. The summed E-state index contributed by atoms with van der Waals surface area (Å²) in [5, 5.41) is 11.8. The zero-order valence-corrected chi connectivity index (χ0v) is 12.4. The lowest BCUT2D eigenvalue weighted by atomic mass is 10.1. The first kappa shape index (κ1) is 17.2. The molecule has 0 atom stereocenters. The summed E-state index contributed by atoms with van der Waals surface area (Å²) in [5.74, 6) is -0.567. The molecular weight excluding hydrogens is 277 g/mol. The Labute approximate surface area is 123 Å². The fourth-order valence-electron chi connectivity index (χ4n) is 2.00. The molecule has 1 aromatic rings. The Morgan fingerprint density at radius 2 is 2.00 bits per heavy atom. The van der Waals surface area contributed by atoms with Gasteiger partial charge in [0.15, 0.2) is 5.84 Å². The molecule has 0 spiro atoms. The van der Waals surface area contributed by atoms with Gasteiger partial charge in [-0.1, -0.05) is 5.16 Å². The van der Waals surface area contributed by atoms with Crippen molar-refractivity contribution in [2.24, 2.45) is 10.9 Å². The molecule has 0 amide bonds. The molecule has 118 valence electrons. The van der Waals surface area contributed by atoms with E-state index in [0.717, 1.165) is 6.42 Å². The number of anilines is 1. The van der Waals surface area contributed by atoms with E-state index < -0.39 is 5.82 Å². The Hall–Kier alpha value is -1.86. The molecule has 0 aliphatic rings. The normalized spacial score (nSPS) is 11.7. The van der Waals surface area contributed by atoms with Gasteiger partial charge in [-0.05, 0) is 24.6 Å². The molecule has 0 heterocycles. The van der Waals surface area contributed by atoms with Crippen LogP contribution in [0, 0.1) is 5.82 Å². The molecule has 0 aliphatic carbocycles. The van der Waals surface area contributed by atoms with E-state index in [2.05, 4.69) is 5.16 Å². The topological polar surface area (TPSA) is 80.3 Å². The first-order chi connectivity index (χ1) is 10.1. The quantitative estimate of drug-likeness (QED) is 0.237. The average Bonchev–Trinajstić information content (AvgIpc) is 2.50. The summed E-state index contributed by atoms with van der Waals surface area (Å²) >= 11 is 0. The molecule has 0 aliphatic heterocycles. The standard InChI is InChI=1S/C14H22FN3O3/c1-20-8-3-6-18(7-9-21-2)13-5-4-11(15)10-12(13)14(16)17-19/h4-5,10,19H,3,6-9H2,1-2H3,(H2,16,17). The lowest BCUT2D eigenvalue weighted by Crippen LogP contribution is -2.31. The van der Waals surface area contributed by atoms with Gasteiger partial charge in [0, 0.05) is 45.2 Å². The van der Waals surface area contributed by atoms with Gasteiger partial charge in [-0.3, -0.25) is 0 Å². The maximum absolute atomic E-state index is 13.4. The minimum Gasteiger partial charge on any atom is -0.409 e. The predicted molar refractivity (Wildman–Crippen MR) is 79.5 cm³/mol. The predicted octanol–water partition coefficient (Wildman–Crippen LogP) is 1.41. The number of nitrogens with two attached hydrogens (primary N) is 1. The second-order valence-corrected chi connectivity index (χ2v) is 4.47. The molecule has 0 bridgehead atoms. The van der Waals surface area contributed by atoms with Crippen LogP contribution in [0.3, 0.4) is 0 Å². The summed E-state index contributed by atoms with van der Waals surface area (Å²) in [7, 11) is 3.25. The van der Waals surface area contributed by atoms with E-state index in [1.807, 2.05) is 4.90 Å². The molecule has 7 heteroatoms. The lowest BCUT2D eigenvalue weighted by molar-refractivity contribution is 0.191. The van der Waals surface area contributed by atoms with Crippen LogP contribution in [0.2, 0.25) is 0 Å². The largest absolute Gasteiger partial charge is 0.409 e. The van der Waals surface area contributed by atoms with Crippen LogP contribution in [-0.4, -0.2) is 51.6 Å². The van der Waals surface area contributed by atoms with E-state index in [-0.39, 0.29) is 5.84 Å². The number of hydrogen-bond acceptors (Lipinski definition) is 5. The molecular formula is C14H22FN3O3. The molecule has 1 rings (SSSR count). The van der Waals surface area contributed by atoms with Crippen molar-refractivity contribution in [3.05, 3.63) is 29.6 Å². The highest BCUT2D eigenvalue weighted by Crippen LogP contribution is 2.22. The van der Waals surface area contributed by atoms with Gasteiger partial charge in [-0.15, -0.1) is 0 Å². The van der Waals surface area contributed by atoms with Crippen molar-refractivity contribution in [2.45, 2.75) is 6.42 Å². The maximum Gasteiger partial charge on any atom is 0.172 e. The van der Waals surface area contributed by atoms with Gasteiger partial charge in [-0.25, -0.2) is 4.39 Å². The molecule has 0 aromatic heterocycles. The summed E-state index contributed by atoms with van der Waals surface area (Å²) in [6.07, 6.45) is 0.799. The van der Waals surface area contributed by atoms with Crippen LogP contribution in [0.4, 0.5) is 10.1 Å². The van der Waals surface area contributed by atoms with Crippen LogP contribution in [0.1, 0.15) is 12.0 Å². The summed E-state index contributed by atoms with van der Waals surface area (Å²) in [4.78, 5) is 2.00. The van der Waals surface area contributed by atoms with Crippen molar-refractivity contribution in [1.29, 1.82) is 0 Å². The summed E-state index contributed by atoms with van der Waals surface area (Å²) in [5.41, 5.74) is 6.68. The second kappa shape index (κ2) is 9.15. The average molecular weight is 299 g/mol. The molecule has 0 unspecified atom stereocenters. The zero-order chi connectivity index (χ0) is 15.7. The number of oxime groups is 1. The lowest BCUT2D eigenvalue weighted by Gasteiger charge is -2.26. The Kier molecular flexibility index (Phi) is 7.49. The van der Waals surface area contributed by atoms with Crippen molar-refractivity contribution in [1.82, 2.24) is 0 Å². The van der Waals surface area contributed by atoms with E-state index in [9.17, 15) is 4.39 Å². The number of benzene rings is 1. The molecule has 3 N–H and O–H groups in total. The number of hydrogen-bond donors (Lipinski definition) is 2. The molecule has 6 nitrogen and oxygen atoms in total. The highest BCUT2D eigenvalue weighted by atomic mass is 19.1. The third kappa shape index (κ3) is 5.20. The molecule has 21 heavy (non-hydrogen) atoms. The summed E-state index contributed by atoms with van der Waals surface area (Å²) in [6.45, 7) is 2.43. The maximum atomic E-state index is 13.4. The van der Waals surface area contributed by atoms with E-state index in [1.165, 1.54) is 12.1 Å². The van der Waals surface area contributed by atoms with Crippen LogP contribution in [-0.2, 0) is 9.47 Å². The number of halogens is 1. The third-order valence-electron chi connectivity index (χ3n) is 3.02.